The molecule has 146 valence electrons. The van der Waals surface area contributed by atoms with E-state index in [1.165, 1.54) is 0 Å². The minimum Gasteiger partial charge on any atom is -0.497 e. The van der Waals surface area contributed by atoms with E-state index in [1.807, 2.05) is 48.5 Å². The van der Waals surface area contributed by atoms with Crippen LogP contribution in [0.15, 0.2) is 48.5 Å². The molecule has 0 aliphatic rings. The molecule has 1 aromatic heterocycles. The Morgan fingerprint density at radius 2 is 1.04 bits per heavy atom. The molecule has 3 N–H and O–H groups in total. The highest BCUT2D eigenvalue weighted by Crippen LogP contribution is 2.15. The third kappa shape index (κ3) is 5.23. The van der Waals surface area contributed by atoms with Gasteiger partial charge in [-0.3, -0.25) is 0 Å². The van der Waals surface area contributed by atoms with Crippen molar-refractivity contribution in [1.82, 2.24) is 15.0 Å². The minimum absolute atomic E-state index is 0.490. The minimum atomic E-state index is 0.490. The van der Waals surface area contributed by atoms with Crippen molar-refractivity contribution in [3.63, 3.8) is 0 Å². The number of hydrogen-bond acceptors (Lipinski definition) is 8. The molecule has 0 amide bonds. The molecule has 8 nitrogen and oxygen atoms in total. The maximum absolute atomic E-state index is 5.18. The Balaban J connectivity index is 1.64. The van der Waals surface area contributed by atoms with E-state index >= 15 is 0 Å². The van der Waals surface area contributed by atoms with Gasteiger partial charge in [0.05, 0.1) is 14.2 Å². The zero-order chi connectivity index (χ0) is 19.8. The highest BCUT2D eigenvalue weighted by atomic mass is 16.5. The van der Waals surface area contributed by atoms with Gasteiger partial charge in [0.1, 0.15) is 11.5 Å². The van der Waals surface area contributed by atoms with Crippen LogP contribution in [0.5, 0.6) is 11.5 Å². The molecule has 0 fully saturated rings. The first kappa shape index (κ1) is 19.2. The highest BCUT2D eigenvalue weighted by Gasteiger charge is 2.06. The molecule has 1 heterocycles. The predicted octanol–water partition coefficient (Wildman–Crippen LogP) is 3.15. The van der Waals surface area contributed by atoms with Crippen LogP contribution in [0.4, 0.5) is 17.8 Å². The maximum atomic E-state index is 5.18. The van der Waals surface area contributed by atoms with E-state index in [2.05, 4.69) is 30.9 Å². The van der Waals surface area contributed by atoms with Gasteiger partial charge < -0.3 is 25.4 Å². The van der Waals surface area contributed by atoms with Crippen molar-refractivity contribution in [3.8, 4) is 11.5 Å². The molecular formula is C20H24N6O2. The molecule has 0 aliphatic carbocycles. The van der Waals surface area contributed by atoms with Gasteiger partial charge in [-0.15, -0.1) is 0 Å². The molecule has 0 aliphatic heterocycles. The lowest BCUT2D eigenvalue weighted by molar-refractivity contribution is 0.414. The van der Waals surface area contributed by atoms with Crippen LogP contribution in [0.2, 0.25) is 0 Å². The average molecular weight is 380 g/mol. The molecular weight excluding hydrogens is 356 g/mol. The van der Waals surface area contributed by atoms with E-state index in [9.17, 15) is 0 Å². The van der Waals surface area contributed by atoms with Crippen molar-refractivity contribution in [2.75, 3.05) is 37.2 Å². The van der Waals surface area contributed by atoms with Crippen molar-refractivity contribution in [3.05, 3.63) is 59.7 Å². The van der Waals surface area contributed by atoms with Crippen LogP contribution in [-0.4, -0.2) is 36.2 Å². The third-order valence-electron chi connectivity index (χ3n) is 4.08. The summed E-state index contributed by atoms with van der Waals surface area (Å²) in [4.78, 5) is 13.2. The zero-order valence-corrected chi connectivity index (χ0v) is 16.2. The molecule has 0 saturated heterocycles. The van der Waals surface area contributed by atoms with Crippen molar-refractivity contribution < 1.29 is 9.47 Å². The Morgan fingerprint density at radius 1 is 0.643 bits per heavy atom. The monoisotopic (exact) mass is 380 g/mol. The standard InChI is InChI=1S/C20H24N6O2/c1-21-18-24-19(22-12-14-4-8-16(27-2)9-5-14)26-20(25-18)23-13-15-6-10-17(28-3)11-7-15/h4-11H,12-13H2,1-3H3,(H3,21,22,23,24,25,26). The smallest absolute Gasteiger partial charge is 0.229 e. The van der Waals surface area contributed by atoms with Crippen LogP contribution < -0.4 is 25.4 Å². The Hall–Kier alpha value is -3.55. The van der Waals surface area contributed by atoms with Crippen LogP contribution in [0.1, 0.15) is 11.1 Å². The number of hydrogen-bond donors (Lipinski definition) is 3. The Kier molecular flexibility index (Phi) is 6.46. The van der Waals surface area contributed by atoms with Gasteiger partial charge in [-0.05, 0) is 35.4 Å². The fraction of sp³-hybridized carbons (Fsp3) is 0.250. The van der Waals surface area contributed by atoms with Gasteiger partial charge in [-0.2, -0.15) is 15.0 Å². The molecule has 3 aromatic rings. The quantitative estimate of drug-likeness (QED) is 0.521. The van der Waals surface area contributed by atoms with Crippen LogP contribution in [-0.2, 0) is 13.1 Å². The lowest BCUT2D eigenvalue weighted by atomic mass is 10.2. The van der Waals surface area contributed by atoms with Gasteiger partial charge in [0.2, 0.25) is 17.8 Å². The summed E-state index contributed by atoms with van der Waals surface area (Å²) in [6.07, 6.45) is 0. The zero-order valence-electron chi connectivity index (χ0n) is 16.2. The third-order valence-corrected chi connectivity index (χ3v) is 4.08. The summed E-state index contributed by atoms with van der Waals surface area (Å²) in [6, 6.07) is 15.7. The van der Waals surface area contributed by atoms with Gasteiger partial charge in [0.25, 0.3) is 0 Å². The Morgan fingerprint density at radius 3 is 1.39 bits per heavy atom. The highest BCUT2D eigenvalue weighted by molar-refractivity contribution is 5.43. The normalized spacial score (nSPS) is 10.2. The van der Waals surface area contributed by atoms with Crippen molar-refractivity contribution in [2.24, 2.45) is 0 Å². The summed E-state index contributed by atoms with van der Waals surface area (Å²) in [5, 5.41) is 9.41. The van der Waals surface area contributed by atoms with Crippen molar-refractivity contribution >= 4 is 17.8 Å². The van der Waals surface area contributed by atoms with E-state index in [0.29, 0.717) is 30.9 Å². The summed E-state index contributed by atoms with van der Waals surface area (Å²) < 4.78 is 10.4. The Bertz CT molecular complexity index is 814. The van der Waals surface area contributed by atoms with Crippen molar-refractivity contribution in [2.45, 2.75) is 13.1 Å². The largest absolute Gasteiger partial charge is 0.497 e. The second-order valence-corrected chi connectivity index (χ2v) is 5.96. The lowest BCUT2D eigenvalue weighted by Gasteiger charge is -2.11. The summed E-state index contributed by atoms with van der Waals surface area (Å²) in [5.41, 5.74) is 2.19. The molecule has 2 aromatic carbocycles. The van der Waals surface area contributed by atoms with Gasteiger partial charge in [-0.25, -0.2) is 0 Å². The van der Waals surface area contributed by atoms with E-state index in [-0.39, 0.29) is 0 Å². The second kappa shape index (κ2) is 9.40. The molecule has 0 radical (unpaired) electrons. The number of anilines is 3. The first-order valence-electron chi connectivity index (χ1n) is 8.87. The fourth-order valence-electron chi connectivity index (χ4n) is 2.49. The number of benzene rings is 2. The molecule has 8 heteroatoms. The molecule has 0 saturated carbocycles. The fourth-order valence-corrected chi connectivity index (χ4v) is 2.49. The maximum Gasteiger partial charge on any atom is 0.229 e. The summed E-state index contributed by atoms with van der Waals surface area (Å²) in [7, 11) is 5.07. The van der Waals surface area contributed by atoms with E-state index in [4.69, 9.17) is 9.47 Å². The summed E-state index contributed by atoms with van der Waals surface area (Å²) >= 11 is 0. The number of aromatic nitrogens is 3. The molecule has 0 atom stereocenters. The first-order chi connectivity index (χ1) is 13.7. The van der Waals surface area contributed by atoms with Gasteiger partial charge in [0, 0.05) is 20.1 Å². The van der Waals surface area contributed by atoms with Crippen LogP contribution in [0, 0.1) is 0 Å². The molecule has 28 heavy (non-hydrogen) atoms. The second-order valence-electron chi connectivity index (χ2n) is 5.96. The predicted molar refractivity (Wildman–Crippen MR) is 110 cm³/mol. The van der Waals surface area contributed by atoms with Crippen molar-refractivity contribution in [1.29, 1.82) is 0 Å². The van der Waals surface area contributed by atoms with Gasteiger partial charge in [0.15, 0.2) is 0 Å². The Labute approximate surface area is 164 Å². The number of nitrogens with zero attached hydrogens (tertiary/aromatic N) is 3. The number of nitrogens with one attached hydrogen (secondary N) is 3. The van der Waals surface area contributed by atoms with Crippen LogP contribution in [0.3, 0.4) is 0 Å². The van der Waals surface area contributed by atoms with E-state index < -0.39 is 0 Å². The van der Waals surface area contributed by atoms with Gasteiger partial charge >= 0.3 is 0 Å². The van der Waals surface area contributed by atoms with E-state index in [1.54, 1.807) is 21.3 Å². The molecule has 0 spiro atoms. The van der Waals surface area contributed by atoms with Gasteiger partial charge in [-0.1, -0.05) is 24.3 Å². The van der Waals surface area contributed by atoms with Crippen LogP contribution in [0.25, 0.3) is 0 Å². The molecule has 3 rings (SSSR count). The summed E-state index contributed by atoms with van der Waals surface area (Å²) in [6.45, 7) is 1.18. The number of methoxy groups -OCH3 is 2. The van der Waals surface area contributed by atoms with E-state index in [0.717, 1.165) is 22.6 Å². The average Bonchev–Trinajstić information content (AvgIpc) is 2.76. The molecule has 0 bridgehead atoms. The topological polar surface area (TPSA) is 93.2 Å². The SMILES string of the molecule is CNc1nc(NCc2ccc(OC)cc2)nc(NCc2ccc(OC)cc2)n1. The lowest BCUT2D eigenvalue weighted by Crippen LogP contribution is -2.11. The molecule has 0 unspecified atom stereocenters. The first-order valence-corrected chi connectivity index (χ1v) is 8.87. The number of ether oxygens (including phenoxy) is 2. The summed E-state index contributed by atoms with van der Waals surface area (Å²) in [5.74, 6) is 3.13. The number of rotatable bonds is 9. The van der Waals surface area contributed by atoms with Crippen LogP contribution >= 0.6 is 0 Å².